The maximum absolute atomic E-state index is 12.3. The molecule has 0 saturated heterocycles. The standard InChI is InChI=1S/C30H28ClN3O3.C29H25Cl2N3O2.C29H25ClN6O2S.C27H20Cl2N6OS/c1-19-5-9-21(10-6-19)30(35,27-17-32-18-34(27)2)22-11-14-26-24(16-22)28(31)25(29(33-26)37-4)15-20-7-12-23(36-3)13-8-20;1-18-4-8-20(9-5-18)29(35,26-16-32-17-34(26)2)21-10-13-25-23(15-21)27(30)24(28(31)33-25)14-19-6-11-22(36-3)12-7-19;1-3-38-28-23(13-19-5-8-21(9-6-19)36-12-4-11-33-36)27(30)22-14-20(7-10-24(22)34-28)29(37,26-16-32-18-39-26)25-15-31-17-35(25)2;1-34-15-30-13-23(34)27(36,24-14-31-16-37-24)18-5-8-22-20(12-18)25(28)21(26(29)33-22)11-17-3-6-19(7-4-17)35-10-2-9-32-35/h5-14,16-18,35H,15H2,1-4H3;4-13,15-17,35H,14H2,1-3H3;4-12,14-18,37H,3,13H2,1-2H3;2-10,12-16,36H,11H2,1H3. The van der Waals surface area contributed by atoms with Crippen LogP contribution in [0.4, 0.5) is 0 Å². The maximum Gasteiger partial charge on any atom is 0.218 e. The van der Waals surface area contributed by atoms with Crippen molar-refractivity contribution in [1.29, 1.82) is 0 Å². The number of imidazole rings is 4. The Morgan fingerprint density at radius 3 is 0.933 bits per heavy atom. The Morgan fingerprint density at radius 2 is 0.631 bits per heavy atom. The summed E-state index contributed by atoms with van der Waals surface area (Å²) in [6, 6.07) is 73.6. The molecule has 22 rings (SSSR count). The number of hydrogen-bond donors (Lipinski definition) is 4. The molecule has 10 aromatic carbocycles. The third-order valence-corrected chi connectivity index (χ3v) is 30.7. The highest BCUT2D eigenvalue weighted by atomic mass is 35.5. The number of halogens is 6. The molecule has 0 fully saturated rings. The summed E-state index contributed by atoms with van der Waals surface area (Å²) in [4.78, 5) is 45.5. The van der Waals surface area contributed by atoms with Crippen LogP contribution in [0, 0.1) is 13.8 Å². The second-order valence-electron chi connectivity index (χ2n) is 35.9. The Labute approximate surface area is 896 Å². The van der Waals surface area contributed by atoms with E-state index in [1.54, 1.807) is 121 Å². The van der Waals surface area contributed by atoms with Gasteiger partial charge in [-0.05, 0) is 186 Å². The molecule has 0 bridgehead atoms. The van der Waals surface area contributed by atoms with Crippen LogP contribution in [0.15, 0.2) is 329 Å². The van der Waals surface area contributed by atoms with E-state index in [1.165, 1.54) is 22.7 Å². The van der Waals surface area contributed by atoms with Gasteiger partial charge in [-0.15, -0.1) is 22.7 Å². The van der Waals surface area contributed by atoms with E-state index < -0.39 is 22.4 Å². The Bertz CT molecular complexity index is 8520. The first kappa shape index (κ1) is 103. The molecule has 0 spiro atoms. The summed E-state index contributed by atoms with van der Waals surface area (Å²) in [5, 5.41) is 63.2. The molecule has 0 aliphatic rings. The lowest BCUT2D eigenvalue weighted by Gasteiger charge is -2.30. The van der Waals surface area contributed by atoms with E-state index in [0.29, 0.717) is 157 Å². The van der Waals surface area contributed by atoms with Gasteiger partial charge in [0.05, 0.1) is 175 Å². The number of pyridine rings is 4. The second-order valence-corrected chi connectivity index (χ2v) is 39.9. The quantitative estimate of drug-likeness (QED) is 0.0348. The number of aryl methyl sites for hydroxylation is 6. The minimum atomic E-state index is -1.47. The van der Waals surface area contributed by atoms with Crippen LogP contribution in [0.25, 0.3) is 55.0 Å². The molecule has 12 aromatic heterocycles. The summed E-state index contributed by atoms with van der Waals surface area (Å²) in [5.41, 5.74) is 18.2. The number of aromatic nitrogens is 18. The van der Waals surface area contributed by atoms with Gasteiger partial charge in [-0.25, -0.2) is 49.2 Å². The SMILES string of the molecule is CCOc1nc2ccc(C(O)(c3cncs3)c3cncn3C)cc2c(Cl)c1Cc1ccc(-n2cccn2)cc1.COc1ccc(Cc2c(Cl)nc3ccc(C(O)(c4ccc(C)cc4)c4cncn4C)cc3c2Cl)cc1.COc1ccc(Cc2c(OC)nc3ccc(C(O)(c4ccc(C)cc4)c4cncn4C)cc3c2Cl)cc1.Cn1cncc1C(O)(c1ccc2nc(Cl)c(Cc3ccc(-n4cccn4)cc3)c(Cl)c2c1)c1cncs1. The predicted octanol–water partition coefficient (Wildman–Crippen LogP) is 23.6. The molecule has 0 amide bonds. The minimum Gasteiger partial charge on any atom is -0.497 e. The molecule has 0 saturated carbocycles. The summed E-state index contributed by atoms with van der Waals surface area (Å²) in [5.74, 6) is 2.54. The van der Waals surface area contributed by atoms with Crippen molar-refractivity contribution in [2.45, 2.75) is 68.9 Å². The number of benzene rings is 10. The van der Waals surface area contributed by atoms with Crippen molar-refractivity contribution in [3.8, 4) is 34.6 Å². The van der Waals surface area contributed by atoms with Gasteiger partial charge in [-0.3, -0.25) is 9.97 Å². The number of methoxy groups -OCH3 is 3. The number of thiazole rings is 2. The second kappa shape index (κ2) is 43.9. The molecule has 12 heterocycles. The lowest BCUT2D eigenvalue weighted by Crippen LogP contribution is -2.31. The number of nitrogens with zero attached hydrogens (tertiary/aromatic N) is 18. The van der Waals surface area contributed by atoms with Crippen LogP contribution in [0.2, 0.25) is 30.4 Å². The zero-order chi connectivity index (χ0) is 104. The Hall–Kier alpha value is -14.9. The molecule has 22 aromatic rings. The third-order valence-electron chi connectivity index (χ3n) is 26.6. The van der Waals surface area contributed by atoms with Crippen LogP contribution in [-0.4, -0.2) is 136 Å². The van der Waals surface area contributed by atoms with Crippen molar-refractivity contribution in [1.82, 2.24) is 87.7 Å². The number of rotatable bonds is 27. The normalized spacial score (nSPS) is 13.0. The molecule has 750 valence electrons. The first-order valence-electron chi connectivity index (χ1n) is 47.2. The van der Waals surface area contributed by atoms with E-state index >= 15 is 0 Å². The number of aliphatic hydroxyl groups is 4. The van der Waals surface area contributed by atoms with Gasteiger partial charge in [0.2, 0.25) is 11.8 Å². The molecule has 149 heavy (non-hydrogen) atoms. The zero-order valence-corrected chi connectivity index (χ0v) is 88.4. The molecule has 0 aliphatic carbocycles. The summed E-state index contributed by atoms with van der Waals surface area (Å²) < 4.78 is 33.0. The van der Waals surface area contributed by atoms with E-state index in [9.17, 15) is 20.4 Å². The Balaban J connectivity index is 0.000000125. The first-order chi connectivity index (χ1) is 72.1. The van der Waals surface area contributed by atoms with Crippen molar-refractivity contribution in [3.63, 3.8) is 0 Å². The molecule has 4 unspecified atom stereocenters. The molecule has 26 nitrogen and oxygen atoms in total. The average molecular weight is 2140 g/mol. The highest BCUT2D eigenvalue weighted by Crippen LogP contribution is 2.48. The van der Waals surface area contributed by atoms with Crippen LogP contribution in [-0.2, 0) is 76.3 Å². The zero-order valence-electron chi connectivity index (χ0n) is 82.3. The molecular weight excluding hydrogens is 2040 g/mol. The molecular formula is C115H98Cl6N18O8S2. The van der Waals surface area contributed by atoms with Crippen LogP contribution < -0.4 is 18.9 Å². The highest BCUT2D eigenvalue weighted by Gasteiger charge is 2.43. The van der Waals surface area contributed by atoms with Gasteiger partial charge < -0.3 is 57.6 Å². The van der Waals surface area contributed by atoms with E-state index in [-0.39, 0.29) is 0 Å². The monoisotopic (exact) mass is 2130 g/mol. The lowest BCUT2D eigenvalue weighted by molar-refractivity contribution is 0.117. The average Bonchev–Trinajstić information content (AvgIpc) is 1.16. The fraction of sp³-hybridized carbons (Fsp3) is 0.165. The summed E-state index contributed by atoms with van der Waals surface area (Å²) in [6.07, 6.45) is 26.1. The van der Waals surface area contributed by atoms with Crippen molar-refractivity contribution in [2.24, 2.45) is 28.2 Å². The third kappa shape index (κ3) is 20.5. The van der Waals surface area contributed by atoms with Crippen molar-refractivity contribution >= 4 is 136 Å². The lowest BCUT2D eigenvalue weighted by atomic mass is 9.82. The predicted molar refractivity (Wildman–Crippen MR) is 587 cm³/mol. The number of ether oxygens (including phenoxy) is 4. The van der Waals surface area contributed by atoms with Gasteiger partial charge in [0.15, 0.2) is 22.4 Å². The molecule has 4 atom stereocenters. The topological polar surface area (TPSA) is 302 Å². The van der Waals surface area contributed by atoms with Crippen LogP contribution >= 0.6 is 92.3 Å². The van der Waals surface area contributed by atoms with Crippen LogP contribution in [0.3, 0.4) is 0 Å². The Morgan fingerprint density at radius 1 is 0.329 bits per heavy atom. The molecule has 0 aliphatic heterocycles. The fourth-order valence-electron chi connectivity index (χ4n) is 18.5. The highest BCUT2D eigenvalue weighted by molar-refractivity contribution is 7.10. The summed E-state index contributed by atoms with van der Waals surface area (Å²) in [7, 11) is 12.3. The first-order valence-corrected chi connectivity index (χ1v) is 51.2. The van der Waals surface area contributed by atoms with E-state index in [2.05, 4.69) is 62.2 Å². The van der Waals surface area contributed by atoms with Gasteiger partial charge in [0.25, 0.3) is 0 Å². The van der Waals surface area contributed by atoms with Crippen LogP contribution in [0.5, 0.6) is 23.3 Å². The molecule has 34 heteroatoms. The van der Waals surface area contributed by atoms with E-state index in [0.717, 1.165) is 106 Å². The number of hydrogen-bond acceptors (Lipinski definition) is 22. The van der Waals surface area contributed by atoms with Gasteiger partial charge in [0.1, 0.15) is 21.8 Å². The van der Waals surface area contributed by atoms with Crippen LogP contribution in [0.1, 0.15) is 128 Å². The Kier molecular flexibility index (Phi) is 30.3. The van der Waals surface area contributed by atoms with Crippen molar-refractivity contribution in [3.05, 3.63) is 481 Å². The van der Waals surface area contributed by atoms with Crippen molar-refractivity contribution < 1.29 is 39.4 Å². The maximum atomic E-state index is 12.3. The van der Waals surface area contributed by atoms with Crippen molar-refractivity contribution in [2.75, 3.05) is 27.9 Å². The van der Waals surface area contributed by atoms with E-state index in [1.807, 2.05) is 294 Å². The molecule has 4 N–H and O–H groups in total. The summed E-state index contributed by atoms with van der Waals surface area (Å²) >= 11 is 44.0. The molecule has 0 radical (unpaired) electrons. The smallest absolute Gasteiger partial charge is 0.218 e. The van der Waals surface area contributed by atoms with Gasteiger partial charge >= 0.3 is 0 Å². The van der Waals surface area contributed by atoms with Gasteiger partial charge in [-0.2, -0.15) is 10.2 Å². The number of fused-ring (bicyclic) bond motifs is 4. The minimum absolute atomic E-state index is 0.353. The van der Waals surface area contributed by atoms with Gasteiger partial charge in [0, 0.05) is 135 Å². The largest absolute Gasteiger partial charge is 0.497 e. The van der Waals surface area contributed by atoms with E-state index in [4.69, 9.17) is 98.5 Å². The summed E-state index contributed by atoms with van der Waals surface area (Å²) in [6.45, 7) is 6.42. The van der Waals surface area contributed by atoms with Gasteiger partial charge in [-0.1, -0.05) is 202 Å². The fourth-order valence-corrected chi connectivity index (χ4v) is 21.8.